The Morgan fingerprint density at radius 2 is 2.08 bits per heavy atom. The van der Waals surface area contributed by atoms with E-state index in [0.29, 0.717) is 42.8 Å². The predicted octanol–water partition coefficient (Wildman–Crippen LogP) is 3.71. The van der Waals surface area contributed by atoms with E-state index in [9.17, 15) is 14.0 Å². The van der Waals surface area contributed by atoms with Crippen LogP contribution in [0.5, 0.6) is 0 Å². The van der Waals surface area contributed by atoms with Gasteiger partial charge in [-0.15, -0.1) is 6.58 Å². The minimum Gasteiger partial charge on any atom is -0.373 e. The number of allylic oxidation sites excluding steroid dienone is 1. The molecule has 0 aliphatic carbocycles. The second-order valence-electron chi connectivity index (χ2n) is 9.35. The Kier molecular flexibility index (Phi) is 8.99. The van der Waals surface area contributed by atoms with Gasteiger partial charge in [0, 0.05) is 51.3 Å². The third-order valence-corrected chi connectivity index (χ3v) is 6.72. The minimum absolute atomic E-state index is 0.0505. The summed E-state index contributed by atoms with van der Waals surface area (Å²) < 4.78 is 13.9. The number of amides is 1. The zero-order valence-electron chi connectivity index (χ0n) is 22.2. The first kappa shape index (κ1) is 27.8. The van der Waals surface area contributed by atoms with Gasteiger partial charge in [0.1, 0.15) is 17.5 Å². The van der Waals surface area contributed by atoms with Gasteiger partial charge in [0.15, 0.2) is 6.29 Å². The number of carbonyl (C=O) groups excluding carboxylic acids is 2. The SMILES string of the molecule is C=CCN1C(C=O)=C(CN(C)C(C)C)C(=C)n2nc(C3CCC(=O)N3C)cc21.CNc1ccc(F)cn1. The molecule has 1 atom stereocenters. The summed E-state index contributed by atoms with van der Waals surface area (Å²) in [7, 11) is 5.57. The highest BCUT2D eigenvalue weighted by Crippen LogP contribution is 2.38. The second-order valence-corrected chi connectivity index (χ2v) is 9.35. The number of anilines is 2. The van der Waals surface area contributed by atoms with Crippen molar-refractivity contribution in [1.29, 1.82) is 0 Å². The van der Waals surface area contributed by atoms with Crippen molar-refractivity contribution < 1.29 is 14.0 Å². The molecular weight excluding hydrogens is 473 g/mol. The Balaban J connectivity index is 0.000000356. The lowest BCUT2D eigenvalue weighted by Gasteiger charge is -2.34. The number of hydrogen-bond donors (Lipinski definition) is 1. The van der Waals surface area contributed by atoms with Gasteiger partial charge in [0.2, 0.25) is 5.91 Å². The first-order chi connectivity index (χ1) is 17.6. The first-order valence-electron chi connectivity index (χ1n) is 12.2. The summed E-state index contributed by atoms with van der Waals surface area (Å²) in [4.78, 5) is 33.5. The predicted molar refractivity (Wildman–Crippen MR) is 144 cm³/mol. The lowest BCUT2D eigenvalue weighted by atomic mass is 10.1. The van der Waals surface area contributed by atoms with E-state index in [1.807, 2.05) is 25.1 Å². The highest BCUT2D eigenvalue weighted by Gasteiger charge is 2.35. The summed E-state index contributed by atoms with van der Waals surface area (Å²) in [5.74, 6) is 1.28. The summed E-state index contributed by atoms with van der Waals surface area (Å²) >= 11 is 0. The van der Waals surface area contributed by atoms with Gasteiger partial charge < -0.3 is 15.1 Å². The van der Waals surface area contributed by atoms with Crippen LogP contribution in [-0.4, -0.2) is 77.0 Å². The molecule has 0 spiro atoms. The molecule has 1 fully saturated rings. The average Bonchev–Trinajstić information content (AvgIpc) is 3.46. The molecule has 1 N–H and O–H groups in total. The highest BCUT2D eigenvalue weighted by atomic mass is 19.1. The van der Waals surface area contributed by atoms with Crippen molar-refractivity contribution in [3.8, 4) is 0 Å². The maximum atomic E-state index is 12.1. The molecule has 1 unspecified atom stereocenters. The Labute approximate surface area is 217 Å². The van der Waals surface area contributed by atoms with Crippen LogP contribution in [0.2, 0.25) is 0 Å². The van der Waals surface area contributed by atoms with Gasteiger partial charge >= 0.3 is 0 Å². The van der Waals surface area contributed by atoms with Gasteiger partial charge in [-0.05, 0) is 39.4 Å². The Hall–Kier alpha value is -3.79. The molecule has 4 rings (SSSR count). The van der Waals surface area contributed by atoms with Crippen LogP contribution in [0.4, 0.5) is 16.0 Å². The number of nitrogens with zero attached hydrogens (tertiary/aromatic N) is 6. The number of aromatic nitrogens is 3. The molecule has 10 heteroatoms. The lowest BCUT2D eigenvalue weighted by molar-refractivity contribution is -0.127. The summed E-state index contributed by atoms with van der Waals surface area (Å²) in [5, 5.41) is 7.56. The number of rotatable bonds is 8. The molecule has 37 heavy (non-hydrogen) atoms. The molecular formula is C27H36FN7O2. The van der Waals surface area contributed by atoms with E-state index in [1.165, 1.54) is 12.3 Å². The Morgan fingerprint density at radius 3 is 2.59 bits per heavy atom. The number of pyridine rings is 1. The molecule has 1 saturated heterocycles. The fourth-order valence-corrected chi connectivity index (χ4v) is 4.24. The van der Waals surface area contributed by atoms with Crippen molar-refractivity contribution in [1.82, 2.24) is 24.6 Å². The Morgan fingerprint density at radius 1 is 1.35 bits per heavy atom. The fourth-order valence-electron chi connectivity index (χ4n) is 4.24. The molecule has 2 aromatic rings. The molecule has 9 nitrogen and oxygen atoms in total. The summed E-state index contributed by atoms with van der Waals surface area (Å²) in [6.07, 6.45) is 5.11. The molecule has 4 heterocycles. The first-order valence-corrected chi connectivity index (χ1v) is 12.2. The van der Waals surface area contributed by atoms with Gasteiger partial charge in [0.25, 0.3) is 0 Å². The maximum absolute atomic E-state index is 12.1. The lowest BCUT2D eigenvalue weighted by Crippen LogP contribution is -2.36. The van der Waals surface area contributed by atoms with E-state index in [2.05, 4.69) is 42.2 Å². The number of likely N-dealkylation sites (tertiary alicyclic amines) is 1. The molecule has 1 amide bonds. The summed E-state index contributed by atoms with van der Waals surface area (Å²) in [5.41, 5.74) is 2.96. The topological polar surface area (TPSA) is 86.6 Å². The number of aldehydes is 1. The molecule has 0 saturated carbocycles. The molecule has 2 aliphatic rings. The van der Waals surface area contributed by atoms with E-state index < -0.39 is 0 Å². The van der Waals surface area contributed by atoms with Crippen LogP contribution in [0.25, 0.3) is 5.70 Å². The number of hydrogen-bond acceptors (Lipinski definition) is 7. The average molecular weight is 510 g/mol. The fraction of sp³-hybridized carbons (Fsp3) is 0.407. The summed E-state index contributed by atoms with van der Waals surface area (Å²) in [6.45, 7) is 13.4. The van der Waals surface area contributed by atoms with Gasteiger partial charge in [-0.3, -0.25) is 14.5 Å². The quantitative estimate of drug-likeness (QED) is 0.429. The van der Waals surface area contributed by atoms with Crippen molar-refractivity contribution in [2.45, 2.75) is 38.8 Å². The highest BCUT2D eigenvalue weighted by molar-refractivity contribution is 5.90. The van der Waals surface area contributed by atoms with E-state index in [1.54, 1.807) is 28.8 Å². The number of fused-ring (bicyclic) bond motifs is 1. The van der Waals surface area contributed by atoms with Gasteiger partial charge in [-0.25, -0.2) is 14.1 Å². The maximum Gasteiger partial charge on any atom is 0.222 e. The number of likely N-dealkylation sites (N-methyl/N-ethyl adjacent to an activating group) is 1. The second kappa shape index (κ2) is 12.0. The van der Waals surface area contributed by atoms with E-state index in [0.717, 1.165) is 29.8 Å². The van der Waals surface area contributed by atoms with Crippen LogP contribution in [0.15, 0.2) is 54.9 Å². The van der Waals surface area contributed by atoms with Gasteiger partial charge in [-0.2, -0.15) is 5.10 Å². The van der Waals surface area contributed by atoms with Crippen LogP contribution < -0.4 is 10.2 Å². The Bertz CT molecular complexity index is 1190. The molecule has 198 valence electrons. The van der Waals surface area contributed by atoms with Crippen molar-refractivity contribution >= 4 is 29.5 Å². The van der Waals surface area contributed by atoms with E-state index in [4.69, 9.17) is 5.10 Å². The molecule has 0 bridgehead atoms. The smallest absolute Gasteiger partial charge is 0.222 e. The van der Waals surface area contributed by atoms with E-state index in [-0.39, 0.29) is 17.8 Å². The molecule has 2 aliphatic heterocycles. The van der Waals surface area contributed by atoms with Crippen molar-refractivity contribution in [3.63, 3.8) is 0 Å². The standard InChI is InChI=1S/C21H29N5O2.C6H7FN2/c1-7-10-25-19(13-27)16(12-23(5)14(2)3)15(4)26-20(25)11-17(22-26)18-8-9-21(28)24(18)6;1-8-6-3-2-5(7)4-9-6/h7,11,13-14,18H,1,4,8-10,12H2,2-3,5-6H3;2-4H,1H3,(H,8,9). The van der Waals surface area contributed by atoms with Gasteiger partial charge in [-0.1, -0.05) is 12.7 Å². The molecule has 0 radical (unpaired) electrons. The number of nitrogens with one attached hydrogen (secondary N) is 1. The van der Waals surface area contributed by atoms with Gasteiger partial charge in [0.05, 0.1) is 29.3 Å². The zero-order valence-corrected chi connectivity index (χ0v) is 22.2. The van der Waals surface area contributed by atoms with Crippen LogP contribution in [0.3, 0.4) is 0 Å². The monoisotopic (exact) mass is 509 g/mol. The zero-order chi connectivity index (χ0) is 27.3. The largest absolute Gasteiger partial charge is 0.373 e. The van der Waals surface area contributed by atoms with Crippen molar-refractivity contribution in [2.24, 2.45) is 0 Å². The van der Waals surface area contributed by atoms with E-state index >= 15 is 0 Å². The molecule has 2 aromatic heterocycles. The number of halogens is 1. The minimum atomic E-state index is -0.311. The van der Waals surface area contributed by atoms with Crippen molar-refractivity contribution in [3.05, 3.63) is 66.4 Å². The van der Waals surface area contributed by atoms with Crippen LogP contribution >= 0.6 is 0 Å². The van der Waals surface area contributed by atoms with Crippen molar-refractivity contribution in [2.75, 3.05) is 44.4 Å². The third kappa shape index (κ3) is 5.96. The number of carbonyl (C=O) groups is 2. The van der Waals surface area contributed by atoms with Crippen LogP contribution in [0, 0.1) is 5.82 Å². The van der Waals surface area contributed by atoms with Crippen LogP contribution in [0.1, 0.15) is 38.4 Å². The third-order valence-electron chi connectivity index (χ3n) is 6.72. The normalized spacial score (nSPS) is 17.2. The molecule has 0 aromatic carbocycles. The summed E-state index contributed by atoms with van der Waals surface area (Å²) in [6, 6.07) is 5.17. The van der Waals surface area contributed by atoms with Crippen LogP contribution in [-0.2, 0) is 9.59 Å².